The van der Waals surface area contributed by atoms with Gasteiger partial charge in [-0.05, 0) is 18.6 Å². The van der Waals surface area contributed by atoms with Gasteiger partial charge < -0.3 is 5.32 Å². The second kappa shape index (κ2) is 8.09. The Hall–Kier alpha value is -1.47. The van der Waals surface area contributed by atoms with Crippen molar-refractivity contribution < 1.29 is 17.6 Å². The summed E-state index contributed by atoms with van der Waals surface area (Å²) in [5, 5.41) is 2.53. The molecule has 7 heteroatoms. The molecule has 5 nitrogen and oxygen atoms in total. The summed E-state index contributed by atoms with van der Waals surface area (Å²) in [6.07, 6.45) is 2.78. The number of carbonyl (C=O) groups is 1. The molecule has 0 saturated heterocycles. The summed E-state index contributed by atoms with van der Waals surface area (Å²) in [6, 6.07) is 5.67. The van der Waals surface area contributed by atoms with Gasteiger partial charge in [-0.15, -0.1) is 0 Å². The number of sulfonamides is 1. The molecule has 0 unspecified atom stereocenters. The van der Waals surface area contributed by atoms with E-state index < -0.39 is 21.7 Å². The lowest BCUT2D eigenvalue weighted by molar-refractivity contribution is 0.0947. The van der Waals surface area contributed by atoms with Crippen molar-refractivity contribution in [2.75, 3.05) is 25.9 Å². The number of hydrogen-bond acceptors (Lipinski definition) is 3. The van der Waals surface area contributed by atoms with E-state index in [1.165, 1.54) is 22.5 Å². The number of carbonyl (C=O) groups excluding carboxylic acids is 1. The second-order valence-corrected chi connectivity index (χ2v) is 6.73. The van der Waals surface area contributed by atoms with Gasteiger partial charge >= 0.3 is 0 Å². The molecule has 0 atom stereocenters. The van der Waals surface area contributed by atoms with Gasteiger partial charge in [-0.2, -0.15) is 0 Å². The smallest absolute Gasteiger partial charge is 0.254 e. The molecule has 118 valence electrons. The molecule has 1 amide bonds. The van der Waals surface area contributed by atoms with Crippen LogP contribution in [0.4, 0.5) is 4.39 Å². The molecule has 0 aliphatic rings. The Balaban J connectivity index is 2.54. The molecule has 0 spiro atoms. The number of benzene rings is 1. The van der Waals surface area contributed by atoms with Crippen LogP contribution in [0.1, 0.15) is 30.1 Å². The fourth-order valence-electron chi connectivity index (χ4n) is 1.81. The van der Waals surface area contributed by atoms with Gasteiger partial charge in [0, 0.05) is 19.6 Å². The Morgan fingerprint density at radius 2 is 1.95 bits per heavy atom. The first kappa shape index (κ1) is 17.6. The average Bonchev–Trinajstić information content (AvgIpc) is 2.41. The fourth-order valence-corrected chi connectivity index (χ4v) is 2.70. The number of halogens is 1. The molecule has 0 bridgehead atoms. The second-order valence-electron chi connectivity index (χ2n) is 4.75. The van der Waals surface area contributed by atoms with E-state index in [0.29, 0.717) is 6.54 Å². The minimum absolute atomic E-state index is 0.0445. The van der Waals surface area contributed by atoms with Crippen molar-refractivity contribution in [1.82, 2.24) is 9.62 Å². The maximum absolute atomic E-state index is 13.4. The molecule has 21 heavy (non-hydrogen) atoms. The van der Waals surface area contributed by atoms with Crippen LogP contribution < -0.4 is 5.32 Å². The van der Waals surface area contributed by atoms with E-state index in [1.807, 2.05) is 6.92 Å². The summed E-state index contributed by atoms with van der Waals surface area (Å²) in [7, 11) is -3.30. The summed E-state index contributed by atoms with van der Waals surface area (Å²) >= 11 is 0. The highest BCUT2D eigenvalue weighted by Gasteiger charge is 2.16. The van der Waals surface area contributed by atoms with Gasteiger partial charge in [-0.25, -0.2) is 17.1 Å². The average molecular weight is 316 g/mol. The molecule has 1 N–H and O–H groups in total. The number of amides is 1. The number of rotatable bonds is 8. The predicted molar refractivity (Wildman–Crippen MR) is 80.1 cm³/mol. The zero-order chi connectivity index (χ0) is 15.9. The molecule has 1 aromatic carbocycles. The Morgan fingerprint density at radius 1 is 1.29 bits per heavy atom. The highest BCUT2D eigenvalue weighted by atomic mass is 32.2. The quantitative estimate of drug-likeness (QED) is 0.792. The minimum Gasteiger partial charge on any atom is -0.351 e. The van der Waals surface area contributed by atoms with E-state index in [1.54, 1.807) is 6.07 Å². The third kappa shape index (κ3) is 5.81. The van der Waals surface area contributed by atoms with Crippen LogP contribution in [0.15, 0.2) is 24.3 Å². The van der Waals surface area contributed by atoms with Crippen molar-refractivity contribution in [3.05, 3.63) is 35.6 Å². The highest BCUT2D eigenvalue weighted by molar-refractivity contribution is 7.88. The van der Waals surface area contributed by atoms with Gasteiger partial charge in [0.25, 0.3) is 5.91 Å². The summed E-state index contributed by atoms with van der Waals surface area (Å²) < 4.78 is 37.9. The third-order valence-corrected chi connectivity index (χ3v) is 4.30. The lowest BCUT2D eigenvalue weighted by Gasteiger charge is -2.19. The van der Waals surface area contributed by atoms with Crippen LogP contribution in [0.3, 0.4) is 0 Å². The first-order chi connectivity index (χ1) is 9.86. The molecule has 0 saturated carbocycles. The van der Waals surface area contributed by atoms with Crippen molar-refractivity contribution >= 4 is 15.9 Å². The zero-order valence-corrected chi connectivity index (χ0v) is 13.1. The maximum atomic E-state index is 13.4. The van der Waals surface area contributed by atoms with Gasteiger partial charge in [0.05, 0.1) is 11.8 Å². The van der Waals surface area contributed by atoms with Gasteiger partial charge in [0.15, 0.2) is 0 Å². The topological polar surface area (TPSA) is 66.5 Å². The van der Waals surface area contributed by atoms with E-state index in [-0.39, 0.29) is 18.7 Å². The zero-order valence-electron chi connectivity index (χ0n) is 12.3. The molecule has 0 radical (unpaired) electrons. The minimum atomic E-state index is -3.30. The summed E-state index contributed by atoms with van der Waals surface area (Å²) in [5.41, 5.74) is -0.0445. The molecule has 0 aromatic heterocycles. The third-order valence-electron chi connectivity index (χ3n) is 3.00. The molecule has 1 aromatic rings. The van der Waals surface area contributed by atoms with Crippen LogP contribution in [-0.2, 0) is 10.0 Å². The van der Waals surface area contributed by atoms with Gasteiger partial charge in [-0.3, -0.25) is 4.79 Å². The number of unbranched alkanes of at least 4 members (excludes halogenated alkanes) is 1. The Labute approximate surface area is 125 Å². The predicted octanol–water partition coefficient (Wildman–Crippen LogP) is 1.62. The van der Waals surface area contributed by atoms with Crippen LogP contribution in [0.5, 0.6) is 0 Å². The fraction of sp³-hybridized carbons (Fsp3) is 0.500. The van der Waals surface area contributed by atoms with E-state index >= 15 is 0 Å². The number of hydrogen-bond donors (Lipinski definition) is 1. The molecular weight excluding hydrogens is 295 g/mol. The van der Waals surface area contributed by atoms with E-state index in [9.17, 15) is 17.6 Å². The number of nitrogens with one attached hydrogen (secondary N) is 1. The van der Waals surface area contributed by atoms with Crippen molar-refractivity contribution in [3.63, 3.8) is 0 Å². The Bertz CT molecular complexity index is 575. The largest absolute Gasteiger partial charge is 0.351 e. The summed E-state index contributed by atoms with van der Waals surface area (Å²) in [4.78, 5) is 11.8. The van der Waals surface area contributed by atoms with Crippen LogP contribution in [0, 0.1) is 5.82 Å². The monoisotopic (exact) mass is 316 g/mol. The first-order valence-electron chi connectivity index (χ1n) is 6.84. The first-order valence-corrected chi connectivity index (χ1v) is 8.69. The molecule has 0 fully saturated rings. The molecule has 0 aliphatic carbocycles. The van der Waals surface area contributed by atoms with Crippen molar-refractivity contribution in [2.24, 2.45) is 0 Å². The van der Waals surface area contributed by atoms with Crippen molar-refractivity contribution in [3.8, 4) is 0 Å². The summed E-state index contributed by atoms with van der Waals surface area (Å²) in [5.74, 6) is -1.14. The van der Waals surface area contributed by atoms with E-state index in [0.717, 1.165) is 19.1 Å². The van der Waals surface area contributed by atoms with E-state index in [2.05, 4.69) is 5.32 Å². The normalized spacial score (nSPS) is 11.6. The molecule has 0 aliphatic heterocycles. The van der Waals surface area contributed by atoms with Gasteiger partial charge in [0.1, 0.15) is 5.82 Å². The summed E-state index contributed by atoms with van der Waals surface area (Å²) in [6.45, 7) is 2.72. The van der Waals surface area contributed by atoms with Crippen molar-refractivity contribution in [1.29, 1.82) is 0 Å². The van der Waals surface area contributed by atoms with Crippen molar-refractivity contribution in [2.45, 2.75) is 19.8 Å². The van der Waals surface area contributed by atoms with Gasteiger partial charge in [-0.1, -0.05) is 25.5 Å². The maximum Gasteiger partial charge on any atom is 0.254 e. The molecular formula is C14H21FN2O3S. The SMILES string of the molecule is CCCCN(CCNC(=O)c1ccccc1F)S(C)(=O)=O. The van der Waals surface area contributed by atoms with Gasteiger partial charge in [0.2, 0.25) is 10.0 Å². The van der Waals surface area contributed by atoms with Crippen LogP contribution >= 0.6 is 0 Å². The highest BCUT2D eigenvalue weighted by Crippen LogP contribution is 2.06. The van der Waals surface area contributed by atoms with E-state index in [4.69, 9.17) is 0 Å². The standard InChI is InChI=1S/C14H21FN2O3S/c1-3-4-10-17(21(2,19)20)11-9-16-14(18)12-7-5-6-8-13(12)15/h5-8H,3-4,9-11H2,1-2H3,(H,16,18). The Kier molecular flexibility index (Phi) is 6.77. The Morgan fingerprint density at radius 3 is 2.52 bits per heavy atom. The lowest BCUT2D eigenvalue weighted by atomic mass is 10.2. The number of nitrogens with zero attached hydrogens (tertiary/aromatic N) is 1. The lowest BCUT2D eigenvalue weighted by Crippen LogP contribution is -2.38. The molecule has 1 rings (SSSR count). The van der Waals surface area contributed by atoms with Crippen LogP contribution in [-0.4, -0.2) is 44.5 Å². The molecule has 0 heterocycles. The van der Waals surface area contributed by atoms with Crippen LogP contribution in [0.2, 0.25) is 0 Å². The van der Waals surface area contributed by atoms with Crippen LogP contribution in [0.25, 0.3) is 0 Å².